The van der Waals surface area contributed by atoms with Crippen molar-refractivity contribution in [3.8, 4) is 0 Å². The molecule has 0 radical (unpaired) electrons. The minimum atomic E-state index is -1.73. The van der Waals surface area contributed by atoms with E-state index < -0.39 is 150 Å². The van der Waals surface area contributed by atoms with E-state index in [0.29, 0.717) is 12.8 Å². The van der Waals surface area contributed by atoms with E-state index >= 15 is 0 Å². The molecule has 0 spiro atoms. The van der Waals surface area contributed by atoms with Gasteiger partial charge in [-0.2, -0.15) is 0 Å². The highest BCUT2D eigenvalue weighted by atomic mass is 16.7. The van der Waals surface area contributed by atoms with Gasteiger partial charge in [0, 0.05) is 6.92 Å². The lowest BCUT2D eigenvalue weighted by atomic mass is 9.82. The maximum absolute atomic E-state index is 14.9. The Morgan fingerprint density at radius 1 is 0.536 bits per heavy atom. The third kappa shape index (κ3) is 22.2. The Hall–Kier alpha value is -7.02. The predicted octanol–water partition coefficient (Wildman–Crippen LogP) is 7.84. The van der Waals surface area contributed by atoms with Crippen molar-refractivity contribution in [1.29, 1.82) is 0 Å². The SMILES string of the molecule is CCC[C@H](OC(=O)c1ccccc1)C(=O)N[C@@H]1C[C@@H](NC(=O)OC(C)(C)C)C(O[C@H]2OC(CNC(=O)OC(C)(C)C)C=CC2NC(=O)OC(C)(C)C)C(OC(C)=O)[C@H]1O[C@H]1OC(CC)C[C@H](NC(=O)OC(C)(C)C)C1OC(=O)c1ccccc1. The molecule has 0 aromatic heterocycles. The Labute approximate surface area is 492 Å². The molecule has 5 N–H and O–H groups in total. The van der Waals surface area contributed by atoms with Crippen molar-refractivity contribution in [2.24, 2.45) is 0 Å². The van der Waals surface area contributed by atoms with Gasteiger partial charge in [-0.3, -0.25) is 9.59 Å². The van der Waals surface area contributed by atoms with E-state index in [1.165, 1.54) is 24.3 Å². The monoisotopic (exact) mass is 1180 g/mol. The minimum absolute atomic E-state index is 0.0450. The molecule has 84 heavy (non-hydrogen) atoms. The topological polar surface area (TPSA) is 298 Å². The minimum Gasteiger partial charge on any atom is -0.457 e. The standard InChI is InChI=1S/C60H87N5O19/c1-16-24-43(77-49(68)35-25-20-18-21-26-35)48(67)62-41-32-42(65-56(73)84-60(13,14)15)45(79-51-39(63-54(71)82-58(7,8)9)30-29-38(76-51)33-61-53(70)81-57(4,5)6)47(74-34(3)66)44(41)80-52-46(78-50(69)36-27-22-19-23-28-36)40(31-37(17-2)75-52)64-55(72)83-59(10,11)12/h18-23,25-30,37-47,51-52H,16-17,24,31-33H2,1-15H3,(H,61,70)(H,62,67)(H,63,71)(H,64,72)(H,65,73)/t37?,38?,39?,40-,41+,42+,43-,44-,45?,46?,47?,51+,52+/m0/s1. The second-order valence-corrected chi connectivity index (χ2v) is 24.7. The highest BCUT2D eigenvalue weighted by Crippen LogP contribution is 2.36. The van der Waals surface area contributed by atoms with Gasteiger partial charge in [-0.05, 0) is 133 Å². The van der Waals surface area contributed by atoms with Crippen LogP contribution in [0.15, 0.2) is 72.8 Å². The van der Waals surface area contributed by atoms with Gasteiger partial charge in [-0.15, -0.1) is 0 Å². The molecule has 0 bridgehead atoms. The Balaban J connectivity index is 1.71. The largest absolute Gasteiger partial charge is 0.457 e. The number of carbonyl (C=O) groups is 8. The summed E-state index contributed by atoms with van der Waals surface area (Å²) in [6.45, 7) is 24.6. The lowest BCUT2D eigenvalue weighted by Crippen LogP contribution is -2.70. The quantitative estimate of drug-likeness (QED) is 0.0508. The summed E-state index contributed by atoms with van der Waals surface area (Å²) in [5.41, 5.74) is -3.50. The second kappa shape index (κ2) is 29.7. The Kier molecular flexibility index (Phi) is 23.9. The van der Waals surface area contributed by atoms with Crippen molar-refractivity contribution in [2.75, 3.05) is 6.54 Å². The number of hydrogen-bond acceptors (Lipinski definition) is 19. The number of esters is 3. The van der Waals surface area contributed by atoms with Gasteiger partial charge in [0.25, 0.3) is 5.91 Å². The smallest absolute Gasteiger partial charge is 0.408 e. The molecule has 466 valence electrons. The van der Waals surface area contributed by atoms with Crippen LogP contribution in [0.2, 0.25) is 0 Å². The van der Waals surface area contributed by atoms with E-state index in [1.54, 1.807) is 139 Å². The first-order chi connectivity index (χ1) is 39.2. The summed E-state index contributed by atoms with van der Waals surface area (Å²) >= 11 is 0. The fraction of sp³-hybridized carbons (Fsp3) is 0.633. The lowest BCUT2D eigenvalue weighted by molar-refractivity contribution is -0.299. The third-order valence-corrected chi connectivity index (χ3v) is 12.5. The van der Waals surface area contributed by atoms with Gasteiger partial charge in [0.1, 0.15) is 40.7 Å². The number of hydrogen-bond donors (Lipinski definition) is 5. The summed E-state index contributed by atoms with van der Waals surface area (Å²) in [5.74, 6) is -3.35. The normalized spacial score (nSPS) is 25.7. The van der Waals surface area contributed by atoms with E-state index in [9.17, 15) is 38.4 Å². The zero-order valence-electron chi connectivity index (χ0n) is 50.9. The first-order valence-corrected chi connectivity index (χ1v) is 28.4. The molecule has 1 aliphatic carbocycles. The Morgan fingerprint density at radius 3 is 1.51 bits per heavy atom. The summed E-state index contributed by atoms with van der Waals surface area (Å²) < 4.78 is 68.0. The summed E-state index contributed by atoms with van der Waals surface area (Å²) in [6, 6.07) is 11.2. The molecule has 2 aromatic rings. The van der Waals surface area contributed by atoms with Crippen molar-refractivity contribution in [3.05, 3.63) is 83.9 Å². The molecule has 6 unspecified atom stereocenters. The summed E-state index contributed by atoms with van der Waals surface area (Å²) in [6.07, 6.45) is -12.6. The maximum atomic E-state index is 14.9. The van der Waals surface area contributed by atoms with E-state index in [1.807, 2.05) is 6.92 Å². The number of rotatable bonds is 19. The van der Waals surface area contributed by atoms with E-state index in [-0.39, 0.29) is 36.9 Å². The molecule has 24 nitrogen and oxygen atoms in total. The summed E-state index contributed by atoms with van der Waals surface area (Å²) in [4.78, 5) is 111. The summed E-state index contributed by atoms with van der Waals surface area (Å²) in [7, 11) is 0. The molecule has 2 aromatic carbocycles. The second-order valence-electron chi connectivity index (χ2n) is 24.7. The first kappa shape index (κ1) is 67.8. The highest BCUT2D eigenvalue weighted by molar-refractivity contribution is 5.92. The lowest BCUT2D eigenvalue weighted by Gasteiger charge is -2.50. The molecule has 2 heterocycles. The van der Waals surface area contributed by atoms with Crippen molar-refractivity contribution in [2.45, 2.75) is 238 Å². The molecule has 24 heteroatoms. The van der Waals surface area contributed by atoms with Gasteiger partial charge in [0.2, 0.25) is 0 Å². The third-order valence-electron chi connectivity index (χ3n) is 12.5. The summed E-state index contributed by atoms with van der Waals surface area (Å²) in [5, 5.41) is 14.1. The van der Waals surface area contributed by atoms with Gasteiger partial charge in [0.15, 0.2) is 30.9 Å². The average molecular weight is 1180 g/mol. The van der Waals surface area contributed by atoms with Crippen molar-refractivity contribution < 1.29 is 90.5 Å². The zero-order valence-corrected chi connectivity index (χ0v) is 50.9. The molecule has 2 aliphatic heterocycles. The van der Waals surface area contributed by atoms with Crippen LogP contribution in [0.1, 0.15) is 157 Å². The molecule has 2 fully saturated rings. The molecule has 1 saturated heterocycles. The van der Waals surface area contributed by atoms with Crippen LogP contribution in [0.3, 0.4) is 0 Å². The van der Waals surface area contributed by atoms with E-state index in [2.05, 4.69) is 26.6 Å². The number of nitrogens with one attached hydrogen (secondary N) is 5. The van der Waals surface area contributed by atoms with Crippen LogP contribution in [-0.4, -0.2) is 157 Å². The van der Waals surface area contributed by atoms with Gasteiger partial charge in [-0.25, -0.2) is 28.8 Å². The van der Waals surface area contributed by atoms with Crippen LogP contribution in [0.25, 0.3) is 0 Å². The number of carbonyl (C=O) groups excluding carboxylic acids is 8. The van der Waals surface area contributed by atoms with Gasteiger partial charge in [-0.1, -0.05) is 68.8 Å². The molecule has 13 atom stereocenters. The first-order valence-electron chi connectivity index (χ1n) is 28.4. The molecular weight excluding hydrogens is 1090 g/mol. The number of amides is 5. The highest BCUT2D eigenvalue weighted by Gasteiger charge is 2.55. The van der Waals surface area contributed by atoms with Crippen molar-refractivity contribution in [1.82, 2.24) is 26.6 Å². The van der Waals surface area contributed by atoms with Gasteiger partial charge < -0.3 is 78.7 Å². The van der Waals surface area contributed by atoms with Crippen molar-refractivity contribution >= 4 is 48.2 Å². The molecule has 5 rings (SSSR count). The Bertz CT molecular complexity index is 2580. The predicted molar refractivity (Wildman–Crippen MR) is 303 cm³/mol. The van der Waals surface area contributed by atoms with Crippen LogP contribution < -0.4 is 26.6 Å². The van der Waals surface area contributed by atoms with Gasteiger partial charge >= 0.3 is 42.3 Å². The van der Waals surface area contributed by atoms with Crippen LogP contribution in [0, 0.1) is 0 Å². The van der Waals surface area contributed by atoms with E-state index in [0.717, 1.165) is 6.92 Å². The molecule has 3 aliphatic rings. The van der Waals surface area contributed by atoms with Crippen molar-refractivity contribution in [3.63, 3.8) is 0 Å². The number of benzene rings is 2. The van der Waals surface area contributed by atoms with Gasteiger partial charge in [0.05, 0.1) is 48.0 Å². The maximum Gasteiger partial charge on any atom is 0.408 e. The number of alkyl carbamates (subject to hydrolysis) is 4. The van der Waals surface area contributed by atoms with Crippen LogP contribution in [0.4, 0.5) is 19.2 Å². The number of ether oxygens (including phenoxy) is 11. The molecular formula is C60H87N5O19. The average Bonchev–Trinajstić information content (AvgIpc) is 3.34. The Morgan fingerprint density at radius 2 is 1.01 bits per heavy atom. The fourth-order valence-corrected chi connectivity index (χ4v) is 9.19. The van der Waals surface area contributed by atoms with Crippen LogP contribution >= 0.6 is 0 Å². The van der Waals surface area contributed by atoms with Crippen LogP contribution in [0.5, 0.6) is 0 Å². The molecule has 5 amide bonds. The fourth-order valence-electron chi connectivity index (χ4n) is 9.19. The zero-order chi connectivity index (χ0) is 62.3. The molecule has 1 saturated carbocycles. The van der Waals surface area contributed by atoms with Crippen LogP contribution in [-0.2, 0) is 61.7 Å². The van der Waals surface area contributed by atoms with E-state index in [4.69, 9.17) is 52.1 Å².